The molecule has 2 aromatic rings. The number of nitrogens with zero attached hydrogens (tertiary/aromatic N) is 3. The second kappa shape index (κ2) is 7.76. The fraction of sp³-hybridized carbons (Fsp3) is 0.273. The van der Waals surface area contributed by atoms with Crippen LogP contribution >= 0.6 is 0 Å². The number of carbonyl (C=O) groups excluding carboxylic acids is 3. The lowest BCUT2D eigenvalue weighted by Crippen LogP contribution is -2.24. The Labute approximate surface area is 169 Å². The minimum Gasteiger partial charge on any atom is -0.349 e. The Hall–Kier alpha value is -3.66. The highest BCUT2D eigenvalue weighted by atomic mass is 16.2. The van der Waals surface area contributed by atoms with Gasteiger partial charge in [0.2, 0.25) is 0 Å². The van der Waals surface area contributed by atoms with Crippen molar-refractivity contribution in [2.45, 2.75) is 33.7 Å². The van der Waals surface area contributed by atoms with Gasteiger partial charge in [-0.05, 0) is 56.2 Å². The second-order valence-corrected chi connectivity index (χ2v) is 7.03. The summed E-state index contributed by atoms with van der Waals surface area (Å²) in [7, 11) is 1.41. The van der Waals surface area contributed by atoms with Crippen LogP contribution in [0.4, 0.5) is 5.69 Å². The number of amides is 3. The maximum Gasteiger partial charge on any atom is 0.266 e. The molecule has 3 amide bonds. The number of hydrogen-bond acceptors (Lipinski definition) is 4. The van der Waals surface area contributed by atoms with Crippen LogP contribution in [0.25, 0.3) is 6.08 Å². The van der Waals surface area contributed by atoms with Crippen LogP contribution in [0.3, 0.4) is 0 Å². The van der Waals surface area contributed by atoms with Crippen LogP contribution in [0, 0.1) is 25.2 Å². The minimum absolute atomic E-state index is 0.0400. The van der Waals surface area contributed by atoms with E-state index < -0.39 is 11.8 Å². The van der Waals surface area contributed by atoms with Crippen LogP contribution in [-0.4, -0.2) is 34.2 Å². The summed E-state index contributed by atoms with van der Waals surface area (Å²) in [6.07, 6.45) is 2.56. The van der Waals surface area contributed by atoms with Crippen LogP contribution in [0.15, 0.2) is 29.8 Å². The smallest absolute Gasteiger partial charge is 0.266 e. The zero-order chi connectivity index (χ0) is 21.3. The van der Waals surface area contributed by atoms with Crippen molar-refractivity contribution in [2.24, 2.45) is 0 Å². The third-order valence-electron chi connectivity index (χ3n) is 5.07. The van der Waals surface area contributed by atoms with E-state index in [-0.39, 0.29) is 17.0 Å². The van der Waals surface area contributed by atoms with Gasteiger partial charge >= 0.3 is 0 Å². The van der Waals surface area contributed by atoms with E-state index in [2.05, 4.69) is 16.8 Å². The monoisotopic (exact) mass is 390 g/mol. The Kier molecular flexibility index (Phi) is 5.37. The molecule has 0 saturated carbocycles. The highest BCUT2D eigenvalue weighted by Crippen LogP contribution is 2.25. The summed E-state index contributed by atoms with van der Waals surface area (Å²) < 4.78 is 2.15. The number of rotatable bonds is 5. The van der Waals surface area contributed by atoms with Crippen molar-refractivity contribution in [3.63, 3.8) is 0 Å². The molecule has 2 heterocycles. The van der Waals surface area contributed by atoms with Gasteiger partial charge < -0.3 is 9.88 Å². The van der Waals surface area contributed by atoms with Gasteiger partial charge in [-0.15, -0.1) is 0 Å². The van der Waals surface area contributed by atoms with Crippen LogP contribution in [0.2, 0.25) is 0 Å². The van der Waals surface area contributed by atoms with E-state index >= 15 is 0 Å². The van der Waals surface area contributed by atoms with Crippen molar-refractivity contribution in [2.75, 3.05) is 12.4 Å². The summed E-state index contributed by atoms with van der Waals surface area (Å²) in [5.74, 6) is -1.36. The molecule has 29 heavy (non-hydrogen) atoms. The van der Waals surface area contributed by atoms with Crippen molar-refractivity contribution < 1.29 is 14.4 Å². The van der Waals surface area contributed by atoms with Gasteiger partial charge in [0.15, 0.2) is 0 Å². The molecule has 1 N–H and O–H groups in total. The van der Waals surface area contributed by atoms with Gasteiger partial charge in [0.25, 0.3) is 17.7 Å². The van der Waals surface area contributed by atoms with E-state index in [0.29, 0.717) is 11.3 Å². The first-order chi connectivity index (χ1) is 13.8. The molecule has 3 rings (SSSR count). The molecule has 1 aromatic heterocycles. The molecule has 0 fully saturated rings. The molecule has 1 aliphatic heterocycles. The topological polar surface area (TPSA) is 95.2 Å². The van der Waals surface area contributed by atoms with Crippen LogP contribution in [-0.2, 0) is 11.3 Å². The number of aromatic nitrogens is 1. The summed E-state index contributed by atoms with van der Waals surface area (Å²) in [5, 5.41) is 12.1. The molecule has 7 nitrogen and oxygen atoms in total. The molecule has 0 radical (unpaired) electrons. The van der Waals surface area contributed by atoms with E-state index in [4.69, 9.17) is 0 Å². The maximum absolute atomic E-state index is 12.6. The van der Waals surface area contributed by atoms with Gasteiger partial charge in [-0.2, -0.15) is 5.26 Å². The van der Waals surface area contributed by atoms with E-state index in [1.54, 1.807) is 12.1 Å². The van der Waals surface area contributed by atoms with E-state index in [0.717, 1.165) is 34.8 Å². The van der Waals surface area contributed by atoms with Crippen LogP contribution < -0.4 is 5.32 Å². The van der Waals surface area contributed by atoms with Crippen LogP contribution in [0.1, 0.15) is 51.0 Å². The molecular weight excluding hydrogens is 368 g/mol. The number of fused-ring (bicyclic) bond motifs is 1. The summed E-state index contributed by atoms with van der Waals surface area (Å²) in [4.78, 5) is 37.7. The maximum atomic E-state index is 12.6. The van der Waals surface area contributed by atoms with Gasteiger partial charge in [0, 0.05) is 30.7 Å². The van der Waals surface area contributed by atoms with Gasteiger partial charge in [-0.25, -0.2) is 0 Å². The third kappa shape index (κ3) is 3.57. The fourth-order valence-corrected chi connectivity index (χ4v) is 3.48. The third-order valence-corrected chi connectivity index (χ3v) is 5.07. The molecule has 1 aliphatic rings. The molecule has 0 unspecified atom stereocenters. The molecular formula is C22H22N4O3. The standard InChI is InChI=1S/C22H22N4O3/c1-5-8-26-13(2)9-15(14(26)3)10-16(12-23)20(27)24-17-6-7-18-19(11-17)22(29)25(4)21(18)28/h6-7,9-11H,5,8H2,1-4H3,(H,24,27)/b16-10+. The first kappa shape index (κ1) is 20.1. The highest BCUT2D eigenvalue weighted by Gasteiger charge is 2.32. The van der Waals surface area contributed by atoms with Crippen molar-refractivity contribution in [1.29, 1.82) is 5.26 Å². The summed E-state index contributed by atoms with van der Waals surface area (Å²) >= 11 is 0. The quantitative estimate of drug-likeness (QED) is 0.481. The lowest BCUT2D eigenvalue weighted by Gasteiger charge is -2.07. The SMILES string of the molecule is CCCn1c(C)cc(/C=C(\C#N)C(=O)Nc2ccc3c(c2)C(=O)N(C)C3=O)c1C. The van der Waals surface area contributed by atoms with E-state index in [1.165, 1.54) is 19.2 Å². The van der Waals surface area contributed by atoms with Crippen molar-refractivity contribution in [1.82, 2.24) is 9.47 Å². The molecule has 0 bridgehead atoms. The normalized spacial score (nSPS) is 13.5. The Morgan fingerprint density at radius 3 is 2.52 bits per heavy atom. The van der Waals surface area contributed by atoms with Crippen LogP contribution in [0.5, 0.6) is 0 Å². The predicted octanol–water partition coefficient (Wildman–Crippen LogP) is 3.29. The number of nitrogens with one attached hydrogen (secondary N) is 1. The Bertz CT molecular complexity index is 1100. The molecule has 0 spiro atoms. The number of nitriles is 1. The van der Waals surface area contributed by atoms with E-state index in [1.807, 2.05) is 26.0 Å². The number of hydrogen-bond donors (Lipinski definition) is 1. The molecule has 0 saturated heterocycles. The molecule has 148 valence electrons. The molecule has 1 aromatic carbocycles. The van der Waals surface area contributed by atoms with Gasteiger partial charge in [-0.3, -0.25) is 19.3 Å². The predicted molar refractivity (Wildman–Crippen MR) is 109 cm³/mol. The second-order valence-electron chi connectivity index (χ2n) is 7.03. The molecule has 0 atom stereocenters. The van der Waals surface area contributed by atoms with Gasteiger partial charge in [0.1, 0.15) is 11.6 Å². The van der Waals surface area contributed by atoms with Crippen molar-refractivity contribution >= 4 is 29.5 Å². The number of carbonyl (C=O) groups is 3. The summed E-state index contributed by atoms with van der Waals surface area (Å²) in [6.45, 7) is 6.91. The summed E-state index contributed by atoms with van der Waals surface area (Å²) in [5.41, 5.74) is 3.73. The molecule has 0 aliphatic carbocycles. The van der Waals surface area contributed by atoms with E-state index in [9.17, 15) is 19.6 Å². The van der Waals surface area contributed by atoms with Gasteiger partial charge in [0.05, 0.1) is 11.1 Å². The first-order valence-corrected chi connectivity index (χ1v) is 9.34. The van der Waals surface area contributed by atoms with Gasteiger partial charge in [-0.1, -0.05) is 6.92 Å². The minimum atomic E-state index is -0.571. The molecule has 7 heteroatoms. The number of benzene rings is 1. The highest BCUT2D eigenvalue weighted by molar-refractivity contribution is 6.22. The number of imide groups is 1. The summed E-state index contributed by atoms with van der Waals surface area (Å²) in [6, 6.07) is 8.40. The Balaban J connectivity index is 1.86. The average Bonchev–Trinajstić information content (AvgIpc) is 3.08. The van der Waals surface area contributed by atoms with Crippen molar-refractivity contribution in [3.05, 3.63) is 57.9 Å². The zero-order valence-corrected chi connectivity index (χ0v) is 16.9. The number of anilines is 1. The Morgan fingerprint density at radius 1 is 1.17 bits per heavy atom. The first-order valence-electron chi connectivity index (χ1n) is 9.34. The lowest BCUT2D eigenvalue weighted by molar-refractivity contribution is -0.112. The number of aryl methyl sites for hydroxylation is 1. The zero-order valence-electron chi connectivity index (χ0n) is 16.9. The Morgan fingerprint density at radius 2 is 1.86 bits per heavy atom. The average molecular weight is 390 g/mol. The van der Waals surface area contributed by atoms with Crippen molar-refractivity contribution in [3.8, 4) is 6.07 Å². The fourth-order valence-electron chi connectivity index (χ4n) is 3.48. The largest absolute Gasteiger partial charge is 0.349 e. The lowest BCUT2D eigenvalue weighted by atomic mass is 10.1.